The molecule has 1 aliphatic heterocycles. The molecule has 0 aliphatic carbocycles. The van der Waals surface area contributed by atoms with E-state index in [2.05, 4.69) is 4.98 Å². The van der Waals surface area contributed by atoms with Crippen molar-refractivity contribution < 1.29 is 18.3 Å². The lowest BCUT2D eigenvalue weighted by Gasteiger charge is -2.37. The van der Waals surface area contributed by atoms with Crippen LogP contribution in [0.3, 0.4) is 0 Å². The second-order valence-corrected chi connectivity index (χ2v) is 8.47. The van der Waals surface area contributed by atoms with E-state index < -0.39 is 22.2 Å². The number of nitrogens with one attached hydrogen (secondary N) is 1. The van der Waals surface area contributed by atoms with Crippen LogP contribution in [0.2, 0.25) is 0 Å². The topological polar surface area (TPSA) is 82.6 Å². The Morgan fingerprint density at radius 2 is 2.00 bits per heavy atom. The maximum absolute atomic E-state index is 12.8. The highest BCUT2D eigenvalue weighted by Crippen LogP contribution is 2.37. The molecule has 2 aromatic carbocycles. The molecule has 1 aliphatic rings. The zero-order valence-corrected chi connectivity index (χ0v) is 15.3. The zero-order valence-electron chi connectivity index (χ0n) is 14.5. The highest BCUT2D eigenvalue weighted by atomic mass is 32.2. The number of aliphatic hydroxyl groups excluding tert-OH is 1. The van der Waals surface area contributed by atoms with E-state index in [4.69, 9.17) is 4.74 Å². The fourth-order valence-corrected chi connectivity index (χ4v) is 5.22. The quantitative estimate of drug-likeness (QED) is 0.740. The van der Waals surface area contributed by atoms with Crippen LogP contribution in [0.15, 0.2) is 53.6 Å². The molecule has 136 valence electrons. The number of benzene rings is 2. The van der Waals surface area contributed by atoms with Crippen molar-refractivity contribution in [2.75, 3.05) is 14.2 Å². The van der Waals surface area contributed by atoms with Crippen LogP contribution in [-0.4, -0.2) is 43.0 Å². The number of hydrogen-bond donors (Lipinski definition) is 2. The second kappa shape index (κ2) is 6.12. The van der Waals surface area contributed by atoms with Gasteiger partial charge < -0.3 is 14.8 Å². The molecule has 3 aromatic rings. The Kier molecular flexibility index (Phi) is 4.02. The first-order chi connectivity index (χ1) is 12.4. The summed E-state index contributed by atoms with van der Waals surface area (Å²) in [5, 5.41) is 11.8. The number of sulfonamides is 1. The molecule has 6 nitrogen and oxygen atoms in total. The van der Waals surface area contributed by atoms with Gasteiger partial charge in [-0.25, -0.2) is 8.42 Å². The summed E-state index contributed by atoms with van der Waals surface area (Å²) >= 11 is 0. The van der Waals surface area contributed by atoms with E-state index in [9.17, 15) is 13.5 Å². The van der Waals surface area contributed by atoms with Crippen molar-refractivity contribution in [3.63, 3.8) is 0 Å². The summed E-state index contributed by atoms with van der Waals surface area (Å²) in [5.41, 5.74) is 2.32. The Hall–Kier alpha value is -2.35. The number of H-pyrrole nitrogens is 1. The fourth-order valence-electron chi connectivity index (χ4n) is 3.63. The lowest BCUT2D eigenvalue weighted by Crippen LogP contribution is -2.46. The molecule has 0 fully saturated rings. The van der Waals surface area contributed by atoms with E-state index in [1.54, 1.807) is 31.4 Å². The molecule has 0 spiro atoms. The molecule has 0 saturated carbocycles. The van der Waals surface area contributed by atoms with Gasteiger partial charge in [-0.1, -0.05) is 18.2 Å². The van der Waals surface area contributed by atoms with Gasteiger partial charge in [-0.15, -0.1) is 0 Å². The molecule has 4 rings (SSSR count). The zero-order chi connectivity index (χ0) is 18.5. The molecule has 2 atom stereocenters. The van der Waals surface area contributed by atoms with Crippen molar-refractivity contribution in [3.8, 4) is 5.75 Å². The van der Waals surface area contributed by atoms with Crippen LogP contribution in [-0.2, 0) is 16.4 Å². The smallest absolute Gasteiger partial charge is 0.243 e. The molecule has 7 heteroatoms. The third-order valence-electron chi connectivity index (χ3n) is 5.13. The molecule has 0 amide bonds. The predicted molar refractivity (Wildman–Crippen MR) is 98.7 cm³/mol. The average molecular weight is 372 g/mol. The van der Waals surface area contributed by atoms with Crippen molar-refractivity contribution in [1.82, 2.24) is 9.29 Å². The molecule has 1 aromatic heterocycles. The van der Waals surface area contributed by atoms with Gasteiger partial charge in [0.15, 0.2) is 0 Å². The number of methoxy groups -OCH3 is 1. The van der Waals surface area contributed by atoms with E-state index in [0.29, 0.717) is 12.0 Å². The highest BCUT2D eigenvalue weighted by Gasteiger charge is 2.41. The Morgan fingerprint density at radius 1 is 1.23 bits per heavy atom. The minimum absolute atomic E-state index is 0.176. The molecular weight excluding hydrogens is 352 g/mol. The molecular formula is C19H20N2O4S. The van der Waals surface area contributed by atoms with Crippen LogP contribution in [0.1, 0.15) is 17.2 Å². The van der Waals surface area contributed by atoms with Crippen LogP contribution >= 0.6 is 0 Å². The number of fused-ring (bicyclic) bond motifs is 2. The van der Waals surface area contributed by atoms with Gasteiger partial charge in [0.05, 0.1) is 24.2 Å². The van der Waals surface area contributed by atoms with Crippen molar-refractivity contribution >= 4 is 20.9 Å². The number of aromatic nitrogens is 1. The lowest BCUT2D eigenvalue weighted by atomic mass is 9.95. The molecule has 0 bridgehead atoms. The normalized spacial score (nSPS) is 22.3. The van der Waals surface area contributed by atoms with E-state index in [1.165, 1.54) is 11.4 Å². The third kappa shape index (κ3) is 2.51. The maximum Gasteiger partial charge on any atom is 0.243 e. The predicted octanol–water partition coefficient (Wildman–Crippen LogP) is 2.46. The SMILES string of the molecule is COc1ccc2c(CC3C(O)c4ccccc4S(=O)(=O)N3C)c[nH]c2c1. The van der Waals surface area contributed by atoms with E-state index in [0.717, 1.165) is 22.2 Å². The van der Waals surface area contributed by atoms with Gasteiger partial charge in [0.1, 0.15) is 5.75 Å². The van der Waals surface area contributed by atoms with Gasteiger partial charge in [0.2, 0.25) is 10.0 Å². The van der Waals surface area contributed by atoms with Crippen molar-refractivity contribution in [2.24, 2.45) is 0 Å². The first-order valence-electron chi connectivity index (χ1n) is 8.32. The molecule has 26 heavy (non-hydrogen) atoms. The first kappa shape index (κ1) is 17.1. The third-order valence-corrected chi connectivity index (χ3v) is 7.09. The molecule has 0 radical (unpaired) electrons. The Bertz CT molecular complexity index is 1070. The molecule has 2 N–H and O–H groups in total. The summed E-state index contributed by atoms with van der Waals surface area (Å²) in [4.78, 5) is 3.37. The van der Waals surface area contributed by atoms with Crippen molar-refractivity contribution in [2.45, 2.75) is 23.5 Å². The highest BCUT2D eigenvalue weighted by molar-refractivity contribution is 7.89. The minimum Gasteiger partial charge on any atom is -0.497 e. The largest absolute Gasteiger partial charge is 0.497 e. The number of likely N-dealkylation sites (N-methyl/N-ethyl adjacent to an activating group) is 1. The van der Waals surface area contributed by atoms with Gasteiger partial charge in [-0.3, -0.25) is 0 Å². The van der Waals surface area contributed by atoms with Gasteiger partial charge in [0.25, 0.3) is 0 Å². The van der Waals surface area contributed by atoms with Crippen molar-refractivity contribution in [1.29, 1.82) is 0 Å². The maximum atomic E-state index is 12.8. The average Bonchev–Trinajstić information content (AvgIpc) is 3.06. The van der Waals surface area contributed by atoms with Gasteiger partial charge in [-0.2, -0.15) is 4.31 Å². The molecule has 2 unspecified atom stereocenters. The van der Waals surface area contributed by atoms with Crippen LogP contribution in [0, 0.1) is 0 Å². The fraction of sp³-hybridized carbons (Fsp3) is 0.263. The standard InChI is InChI=1S/C19H20N2O4S/c1-21-17(19(22)15-5-3-4-6-18(15)26(21,23)24)9-12-11-20-16-10-13(25-2)7-8-14(12)16/h3-8,10-11,17,19-20,22H,9H2,1-2H3. The summed E-state index contributed by atoms with van der Waals surface area (Å²) in [6, 6.07) is 11.8. The van der Waals surface area contributed by atoms with Crippen LogP contribution < -0.4 is 4.74 Å². The Morgan fingerprint density at radius 3 is 2.77 bits per heavy atom. The molecule has 0 saturated heterocycles. The number of rotatable bonds is 3. The van der Waals surface area contributed by atoms with Gasteiger partial charge in [0, 0.05) is 35.8 Å². The van der Waals surface area contributed by atoms with Crippen LogP contribution in [0.25, 0.3) is 10.9 Å². The number of nitrogens with zero attached hydrogens (tertiary/aromatic N) is 1. The Balaban J connectivity index is 1.75. The number of hydrogen-bond acceptors (Lipinski definition) is 4. The lowest BCUT2D eigenvalue weighted by molar-refractivity contribution is 0.0893. The van der Waals surface area contributed by atoms with Gasteiger partial charge >= 0.3 is 0 Å². The number of aliphatic hydroxyl groups is 1. The summed E-state index contributed by atoms with van der Waals surface area (Å²) < 4.78 is 32.2. The Labute approximate surface area is 152 Å². The van der Waals surface area contributed by atoms with E-state index in [-0.39, 0.29) is 4.90 Å². The summed E-state index contributed by atoms with van der Waals surface area (Å²) in [6.07, 6.45) is 1.37. The monoisotopic (exact) mass is 372 g/mol. The summed E-state index contributed by atoms with van der Waals surface area (Å²) in [6.45, 7) is 0. The summed E-state index contributed by atoms with van der Waals surface area (Å²) in [7, 11) is -0.490. The minimum atomic E-state index is -3.63. The number of aromatic amines is 1. The van der Waals surface area contributed by atoms with Crippen LogP contribution in [0.4, 0.5) is 0 Å². The second-order valence-electron chi connectivity index (χ2n) is 6.50. The van der Waals surface area contributed by atoms with Gasteiger partial charge in [-0.05, 0) is 30.2 Å². The molecule has 2 heterocycles. The van der Waals surface area contributed by atoms with E-state index in [1.807, 2.05) is 24.4 Å². The van der Waals surface area contributed by atoms with Crippen molar-refractivity contribution in [3.05, 3.63) is 59.8 Å². The number of ether oxygens (including phenoxy) is 1. The van der Waals surface area contributed by atoms with Crippen LogP contribution in [0.5, 0.6) is 5.75 Å². The van der Waals surface area contributed by atoms with E-state index >= 15 is 0 Å². The summed E-state index contributed by atoms with van der Waals surface area (Å²) in [5.74, 6) is 0.747. The first-order valence-corrected chi connectivity index (χ1v) is 9.76.